The Hall–Kier alpha value is -3.41. The van der Waals surface area contributed by atoms with Crippen molar-refractivity contribution in [2.24, 2.45) is 0 Å². The fourth-order valence-electron chi connectivity index (χ4n) is 4.36. The first kappa shape index (κ1) is 21.8. The highest BCUT2D eigenvalue weighted by molar-refractivity contribution is 6.06. The maximum absolute atomic E-state index is 13.5. The molecule has 2 unspecified atom stereocenters. The maximum Gasteiger partial charge on any atom is 0.280 e. The number of carbonyl (C=O) groups excluding carboxylic acids is 2. The van der Waals surface area contributed by atoms with E-state index in [1.807, 2.05) is 87.2 Å². The van der Waals surface area contributed by atoms with Gasteiger partial charge in [0.2, 0.25) is 5.91 Å². The molecule has 3 aromatic rings. The molecule has 32 heavy (non-hydrogen) atoms. The molecule has 0 radical (unpaired) electrons. The van der Waals surface area contributed by atoms with Gasteiger partial charge in [-0.15, -0.1) is 0 Å². The summed E-state index contributed by atoms with van der Waals surface area (Å²) in [5.74, 6) is 0.439. The number of rotatable bonds is 3. The lowest BCUT2D eigenvalue weighted by atomic mass is 9.89. The van der Waals surface area contributed by atoms with Crippen molar-refractivity contribution in [1.82, 2.24) is 5.16 Å². The fourth-order valence-corrected chi connectivity index (χ4v) is 4.36. The largest absolute Gasteiger partial charge is 0.360 e. The summed E-state index contributed by atoms with van der Waals surface area (Å²) in [6, 6.07) is 18.9. The summed E-state index contributed by atoms with van der Waals surface area (Å²) in [4.78, 5) is 29.8. The second-order valence-electron chi connectivity index (χ2n) is 9.39. The van der Waals surface area contributed by atoms with Crippen molar-refractivity contribution in [3.8, 4) is 0 Å². The van der Waals surface area contributed by atoms with E-state index in [0.717, 1.165) is 16.9 Å². The zero-order valence-electron chi connectivity index (χ0n) is 19.2. The Morgan fingerprint density at radius 3 is 2.34 bits per heavy atom. The van der Waals surface area contributed by atoms with E-state index in [4.69, 9.17) is 4.52 Å². The first-order chi connectivity index (χ1) is 15.2. The minimum absolute atomic E-state index is 0.0331. The molecule has 0 N–H and O–H groups in total. The van der Waals surface area contributed by atoms with Crippen molar-refractivity contribution in [2.75, 3.05) is 9.80 Å². The van der Waals surface area contributed by atoms with E-state index >= 15 is 0 Å². The topological polar surface area (TPSA) is 66.7 Å². The van der Waals surface area contributed by atoms with E-state index in [1.54, 1.807) is 17.9 Å². The molecular formula is C26H29N3O3. The second-order valence-corrected chi connectivity index (χ2v) is 9.39. The van der Waals surface area contributed by atoms with Gasteiger partial charge in [-0.05, 0) is 37.1 Å². The van der Waals surface area contributed by atoms with Crippen LogP contribution >= 0.6 is 0 Å². The molecule has 2 amide bonds. The lowest BCUT2D eigenvalue weighted by molar-refractivity contribution is -0.117. The van der Waals surface area contributed by atoms with E-state index in [0.29, 0.717) is 17.9 Å². The van der Waals surface area contributed by atoms with Gasteiger partial charge in [-0.3, -0.25) is 9.59 Å². The van der Waals surface area contributed by atoms with Gasteiger partial charge in [-0.1, -0.05) is 62.3 Å². The molecule has 0 bridgehead atoms. The van der Waals surface area contributed by atoms with Gasteiger partial charge in [0.25, 0.3) is 5.91 Å². The van der Waals surface area contributed by atoms with Crippen molar-refractivity contribution in [3.63, 3.8) is 0 Å². The molecule has 0 aliphatic carbocycles. The summed E-state index contributed by atoms with van der Waals surface area (Å²) in [5.41, 5.74) is 2.64. The van der Waals surface area contributed by atoms with E-state index in [-0.39, 0.29) is 29.3 Å². The van der Waals surface area contributed by atoms with Crippen LogP contribution in [0.5, 0.6) is 0 Å². The molecule has 0 saturated carbocycles. The third-order valence-corrected chi connectivity index (χ3v) is 5.93. The smallest absolute Gasteiger partial charge is 0.280 e. The predicted octanol–water partition coefficient (Wildman–Crippen LogP) is 5.51. The Kier molecular flexibility index (Phi) is 5.63. The monoisotopic (exact) mass is 431 g/mol. The standard InChI is InChI=1S/C26H29N3O3/c1-17-15-23(29(18(2)30)19-11-7-6-8-12-19)20-13-9-10-14-22(20)28(17)25(31)21-16-24(32-27-21)26(3,4)5/h6-14,16-17,23H,15H2,1-5H3. The molecule has 6 nitrogen and oxygen atoms in total. The summed E-state index contributed by atoms with van der Waals surface area (Å²) in [6.07, 6.45) is 0.612. The molecule has 1 aliphatic heterocycles. The highest BCUT2D eigenvalue weighted by atomic mass is 16.5. The average molecular weight is 432 g/mol. The van der Waals surface area contributed by atoms with Crippen LogP contribution < -0.4 is 9.80 Å². The van der Waals surface area contributed by atoms with Gasteiger partial charge in [0.1, 0.15) is 5.76 Å². The molecule has 0 saturated heterocycles. The number of carbonyl (C=O) groups is 2. The van der Waals surface area contributed by atoms with Gasteiger partial charge in [0, 0.05) is 35.8 Å². The van der Waals surface area contributed by atoms with Crippen LogP contribution in [-0.2, 0) is 10.2 Å². The Morgan fingerprint density at radius 1 is 1.06 bits per heavy atom. The highest BCUT2D eigenvalue weighted by Crippen LogP contribution is 2.42. The van der Waals surface area contributed by atoms with Crippen molar-refractivity contribution in [3.05, 3.63) is 77.7 Å². The summed E-state index contributed by atoms with van der Waals surface area (Å²) in [6.45, 7) is 9.65. The number of anilines is 2. The Bertz CT molecular complexity index is 1130. The van der Waals surface area contributed by atoms with Crippen molar-refractivity contribution < 1.29 is 14.1 Å². The third-order valence-electron chi connectivity index (χ3n) is 5.93. The van der Waals surface area contributed by atoms with Gasteiger partial charge in [-0.25, -0.2) is 0 Å². The van der Waals surface area contributed by atoms with Crippen molar-refractivity contribution in [2.45, 2.75) is 58.5 Å². The summed E-state index contributed by atoms with van der Waals surface area (Å²) in [7, 11) is 0. The number of fused-ring (bicyclic) bond motifs is 1. The van der Waals surface area contributed by atoms with Crippen molar-refractivity contribution >= 4 is 23.2 Å². The average Bonchev–Trinajstić information content (AvgIpc) is 3.25. The summed E-state index contributed by atoms with van der Waals surface area (Å²) in [5, 5.41) is 4.06. The molecule has 4 rings (SSSR count). The lowest BCUT2D eigenvalue weighted by Gasteiger charge is -2.43. The van der Waals surface area contributed by atoms with E-state index in [1.165, 1.54) is 0 Å². The van der Waals surface area contributed by atoms with Crippen LogP contribution in [0.15, 0.2) is 65.2 Å². The summed E-state index contributed by atoms with van der Waals surface area (Å²) >= 11 is 0. The van der Waals surface area contributed by atoms with Crippen LogP contribution in [-0.4, -0.2) is 23.0 Å². The first-order valence-corrected chi connectivity index (χ1v) is 10.9. The van der Waals surface area contributed by atoms with Gasteiger partial charge >= 0.3 is 0 Å². The molecule has 0 fully saturated rings. The zero-order chi connectivity index (χ0) is 23.0. The van der Waals surface area contributed by atoms with Crippen molar-refractivity contribution in [1.29, 1.82) is 0 Å². The van der Waals surface area contributed by atoms with Crippen LogP contribution in [0.25, 0.3) is 0 Å². The number of hydrogen-bond acceptors (Lipinski definition) is 4. The van der Waals surface area contributed by atoms with Gasteiger partial charge < -0.3 is 14.3 Å². The quantitative estimate of drug-likeness (QED) is 0.549. The van der Waals surface area contributed by atoms with Gasteiger partial charge in [0.15, 0.2) is 5.69 Å². The van der Waals surface area contributed by atoms with Gasteiger partial charge in [0.05, 0.1) is 6.04 Å². The highest BCUT2D eigenvalue weighted by Gasteiger charge is 2.39. The Morgan fingerprint density at radius 2 is 1.72 bits per heavy atom. The number of amides is 2. The minimum Gasteiger partial charge on any atom is -0.360 e. The van der Waals surface area contributed by atoms with E-state index < -0.39 is 0 Å². The number of aromatic nitrogens is 1. The predicted molar refractivity (Wildman–Crippen MR) is 125 cm³/mol. The lowest BCUT2D eigenvalue weighted by Crippen LogP contribution is -2.47. The van der Waals surface area contributed by atoms with E-state index in [9.17, 15) is 9.59 Å². The van der Waals surface area contributed by atoms with Crippen LogP contribution in [0.2, 0.25) is 0 Å². The Labute approximate surface area is 188 Å². The molecule has 2 aromatic carbocycles. The van der Waals surface area contributed by atoms with Crippen LogP contribution in [0.4, 0.5) is 11.4 Å². The van der Waals surface area contributed by atoms with Crippen LogP contribution in [0.3, 0.4) is 0 Å². The first-order valence-electron chi connectivity index (χ1n) is 10.9. The molecule has 2 heterocycles. The zero-order valence-corrected chi connectivity index (χ0v) is 19.2. The Balaban J connectivity index is 1.75. The number of para-hydroxylation sites is 2. The number of benzene rings is 2. The second kappa shape index (κ2) is 8.26. The molecule has 2 atom stereocenters. The SMILES string of the molecule is CC(=O)N(c1ccccc1)C1CC(C)N(C(=O)c2cc(C(C)(C)C)on2)c2ccccc21. The number of nitrogens with zero attached hydrogens (tertiary/aromatic N) is 3. The molecule has 166 valence electrons. The molecule has 1 aromatic heterocycles. The summed E-state index contributed by atoms with van der Waals surface area (Å²) < 4.78 is 5.46. The molecule has 1 aliphatic rings. The van der Waals surface area contributed by atoms with Crippen LogP contribution in [0, 0.1) is 0 Å². The van der Waals surface area contributed by atoms with E-state index in [2.05, 4.69) is 5.16 Å². The molecule has 6 heteroatoms. The maximum atomic E-state index is 13.5. The molecular weight excluding hydrogens is 402 g/mol. The third kappa shape index (κ3) is 3.93. The normalized spacial score (nSPS) is 18.2. The molecule has 0 spiro atoms. The number of hydrogen-bond donors (Lipinski definition) is 0. The van der Waals surface area contributed by atoms with Crippen LogP contribution in [0.1, 0.15) is 68.9 Å². The minimum atomic E-state index is -0.236. The fraction of sp³-hybridized carbons (Fsp3) is 0.346. The van der Waals surface area contributed by atoms with Gasteiger partial charge in [-0.2, -0.15) is 0 Å².